The van der Waals surface area contributed by atoms with E-state index < -0.39 is 0 Å². The van der Waals surface area contributed by atoms with E-state index in [9.17, 15) is 14.9 Å². The zero-order chi connectivity index (χ0) is 25.3. The van der Waals surface area contributed by atoms with Crippen LogP contribution in [0.25, 0.3) is 0 Å². The standard InChI is InChI=1S/C27H28N4O4S/c1-2-34-21-7-3-5-19(15-21)8-9-25(32)30-26-23(16-28)22-10-13-31(18-24(22)36-26)27(33)35-14-11-20-6-4-12-29-17-20/h3-7,12,15,17H,2,8-11,13-14,18H2,1H3,(H,30,32). The summed E-state index contributed by atoms with van der Waals surface area (Å²) in [5, 5.41) is 13.2. The maximum Gasteiger partial charge on any atom is 0.410 e. The van der Waals surface area contributed by atoms with Crippen LogP contribution in [0.1, 0.15) is 40.5 Å². The Hall–Kier alpha value is -3.90. The first-order valence-corrected chi connectivity index (χ1v) is 12.8. The van der Waals surface area contributed by atoms with Gasteiger partial charge in [-0.3, -0.25) is 9.78 Å². The van der Waals surface area contributed by atoms with Gasteiger partial charge in [0.25, 0.3) is 0 Å². The first-order valence-electron chi connectivity index (χ1n) is 11.9. The van der Waals surface area contributed by atoms with E-state index in [-0.39, 0.29) is 18.6 Å². The van der Waals surface area contributed by atoms with E-state index in [0.29, 0.717) is 55.9 Å². The third kappa shape index (κ3) is 6.40. The van der Waals surface area contributed by atoms with Crippen LogP contribution < -0.4 is 10.1 Å². The quantitative estimate of drug-likeness (QED) is 0.452. The van der Waals surface area contributed by atoms with E-state index in [0.717, 1.165) is 27.3 Å². The first kappa shape index (κ1) is 25.2. The Morgan fingerprint density at radius 3 is 2.86 bits per heavy atom. The molecule has 4 rings (SSSR count). The minimum Gasteiger partial charge on any atom is -0.494 e. The summed E-state index contributed by atoms with van der Waals surface area (Å²) in [6.07, 6.45) is 5.09. The number of fused-ring (bicyclic) bond motifs is 1. The van der Waals surface area contributed by atoms with Gasteiger partial charge in [-0.15, -0.1) is 11.3 Å². The molecule has 3 aromatic rings. The summed E-state index contributed by atoms with van der Waals surface area (Å²) in [6, 6.07) is 13.7. The lowest BCUT2D eigenvalue weighted by Crippen LogP contribution is -2.36. The number of pyridine rings is 1. The third-order valence-electron chi connectivity index (χ3n) is 5.87. The van der Waals surface area contributed by atoms with Crippen LogP contribution >= 0.6 is 11.3 Å². The summed E-state index contributed by atoms with van der Waals surface area (Å²) in [6.45, 7) is 3.62. The van der Waals surface area contributed by atoms with Gasteiger partial charge in [0.2, 0.25) is 5.91 Å². The molecule has 3 heterocycles. The van der Waals surface area contributed by atoms with Crippen LogP contribution in [0.2, 0.25) is 0 Å². The molecule has 0 fully saturated rings. The molecule has 8 nitrogen and oxygen atoms in total. The van der Waals surface area contributed by atoms with Crippen LogP contribution in [0, 0.1) is 11.3 Å². The van der Waals surface area contributed by atoms with Crippen molar-refractivity contribution in [3.05, 3.63) is 75.9 Å². The molecule has 0 spiro atoms. The number of rotatable bonds is 9. The number of carbonyl (C=O) groups excluding carboxylic acids is 2. The highest BCUT2D eigenvalue weighted by molar-refractivity contribution is 7.16. The Balaban J connectivity index is 1.32. The number of thiophene rings is 1. The summed E-state index contributed by atoms with van der Waals surface area (Å²) in [7, 11) is 0. The monoisotopic (exact) mass is 504 g/mol. The average molecular weight is 505 g/mol. The highest BCUT2D eigenvalue weighted by Crippen LogP contribution is 2.37. The summed E-state index contributed by atoms with van der Waals surface area (Å²) in [5.41, 5.74) is 3.42. The molecule has 0 atom stereocenters. The first-order chi connectivity index (χ1) is 17.6. The SMILES string of the molecule is CCOc1cccc(CCC(=O)Nc2sc3c(c2C#N)CCN(C(=O)OCCc2cccnc2)C3)c1. The molecule has 1 N–H and O–H groups in total. The van der Waals surface area contributed by atoms with Gasteiger partial charge in [-0.1, -0.05) is 18.2 Å². The molecular weight excluding hydrogens is 476 g/mol. The number of nitrogens with one attached hydrogen (secondary N) is 1. The molecule has 1 aliphatic heterocycles. The molecule has 2 amide bonds. The van der Waals surface area contributed by atoms with Gasteiger partial charge in [0, 0.05) is 36.7 Å². The Morgan fingerprint density at radius 2 is 2.08 bits per heavy atom. The Morgan fingerprint density at radius 1 is 1.22 bits per heavy atom. The average Bonchev–Trinajstić information content (AvgIpc) is 3.24. The van der Waals surface area contributed by atoms with Crippen molar-refractivity contribution in [3.8, 4) is 11.8 Å². The van der Waals surface area contributed by atoms with Crippen molar-refractivity contribution >= 4 is 28.3 Å². The number of aromatic nitrogens is 1. The number of hydrogen-bond acceptors (Lipinski definition) is 7. The second kappa shape index (κ2) is 12.2. The van der Waals surface area contributed by atoms with Gasteiger partial charge in [0.15, 0.2) is 0 Å². The number of nitriles is 1. The summed E-state index contributed by atoms with van der Waals surface area (Å²) >= 11 is 1.36. The van der Waals surface area contributed by atoms with Gasteiger partial charge in [-0.2, -0.15) is 5.26 Å². The van der Waals surface area contributed by atoms with E-state index in [4.69, 9.17) is 9.47 Å². The van der Waals surface area contributed by atoms with Crippen molar-refractivity contribution in [1.29, 1.82) is 5.26 Å². The van der Waals surface area contributed by atoms with Crippen LogP contribution in [0.4, 0.5) is 9.80 Å². The molecule has 9 heteroatoms. The molecule has 0 saturated carbocycles. The molecule has 1 aromatic carbocycles. The third-order valence-corrected chi connectivity index (χ3v) is 7.00. The van der Waals surface area contributed by atoms with Gasteiger partial charge in [0.1, 0.15) is 16.8 Å². The van der Waals surface area contributed by atoms with E-state index in [1.165, 1.54) is 11.3 Å². The summed E-state index contributed by atoms with van der Waals surface area (Å²) < 4.78 is 11.0. The van der Waals surface area contributed by atoms with E-state index in [1.54, 1.807) is 17.3 Å². The molecule has 36 heavy (non-hydrogen) atoms. The lowest BCUT2D eigenvalue weighted by atomic mass is 10.0. The fourth-order valence-electron chi connectivity index (χ4n) is 4.06. The van der Waals surface area contributed by atoms with Crippen LogP contribution in [0.3, 0.4) is 0 Å². The number of benzene rings is 1. The van der Waals surface area contributed by atoms with E-state index in [2.05, 4.69) is 16.4 Å². The second-order valence-corrected chi connectivity index (χ2v) is 9.45. The van der Waals surface area contributed by atoms with Crippen LogP contribution in [0.5, 0.6) is 5.75 Å². The number of hydrogen-bond donors (Lipinski definition) is 1. The van der Waals surface area contributed by atoms with Gasteiger partial charge in [-0.05, 0) is 54.7 Å². The van der Waals surface area contributed by atoms with Crippen LogP contribution in [0.15, 0.2) is 48.8 Å². The molecule has 1 aliphatic rings. The van der Waals surface area contributed by atoms with Crippen LogP contribution in [-0.4, -0.2) is 41.6 Å². The van der Waals surface area contributed by atoms with Crippen molar-refractivity contribution < 1.29 is 19.1 Å². The smallest absolute Gasteiger partial charge is 0.410 e. The molecule has 0 unspecified atom stereocenters. The molecule has 0 aliphatic carbocycles. The topological polar surface area (TPSA) is 105 Å². The lowest BCUT2D eigenvalue weighted by Gasteiger charge is -2.26. The molecular formula is C27H28N4O4S. The number of anilines is 1. The maximum absolute atomic E-state index is 12.7. The normalized spacial score (nSPS) is 12.4. The summed E-state index contributed by atoms with van der Waals surface area (Å²) in [5.74, 6) is 0.631. The van der Waals surface area contributed by atoms with Gasteiger partial charge in [0.05, 0.1) is 25.3 Å². The van der Waals surface area contributed by atoms with Crippen molar-refractivity contribution in [1.82, 2.24) is 9.88 Å². The Kier molecular flexibility index (Phi) is 8.53. The van der Waals surface area contributed by atoms with E-state index >= 15 is 0 Å². The predicted molar refractivity (Wildman–Crippen MR) is 137 cm³/mol. The maximum atomic E-state index is 12.7. The molecule has 0 saturated heterocycles. The lowest BCUT2D eigenvalue weighted by molar-refractivity contribution is -0.116. The van der Waals surface area contributed by atoms with Crippen molar-refractivity contribution in [3.63, 3.8) is 0 Å². The summed E-state index contributed by atoms with van der Waals surface area (Å²) in [4.78, 5) is 31.8. The van der Waals surface area contributed by atoms with Gasteiger partial charge < -0.3 is 19.7 Å². The van der Waals surface area contributed by atoms with Gasteiger partial charge >= 0.3 is 6.09 Å². The fourth-order valence-corrected chi connectivity index (χ4v) is 5.29. The second-order valence-electron chi connectivity index (χ2n) is 8.35. The van der Waals surface area contributed by atoms with Crippen LogP contribution in [-0.2, 0) is 35.3 Å². The Labute approximate surface area is 214 Å². The zero-order valence-electron chi connectivity index (χ0n) is 20.2. The number of amides is 2. The highest BCUT2D eigenvalue weighted by atomic mass is 32.1. The minimum atomic E-state index is -0.378. The fraction of sp³-hybridized carbons (Fsp3) is 0.333. The number of aryl methyl sites for hydroxylation is 1. The minimum absolute atomic E-state index is 0.154. The predicted octanol–water partition coefficient (Wildman–Crippen LogP) is 4.72. The van der Waals surface area contributed by atoms with Crippen molar-refractivity contribution in [2.45, 2.75) is 39.2 Å². The number of carbonyl (C=O) groups is 2. The molecule has 186 valence electrons. The van der Waals surface area contributed by atoms with Crippen molar-refractivity contribution in [2.75, 3.05) is 25.1 Å². The van der Waals surface area contributed by atoms with Crippen molar-refractivity contribution in [2.24, 2.45) is 0 Å². The Bertz CT molecular complexity index is 1250. The van der Waals surface area contributed by atoms with E-state index in [1.807, 2.05) is 43.3 Å². The van der Waals surface area contributed by atoms with Gasteiger partial charge in [-0.25, -0.2) is 4.79 Å². The number of ether oxygens (including phenoxy) is 2. The largest absolute Gasteiger partial charge is 0.494 e. The molecule has 2 aromatic heterocycles. The molecule has 0 bridgehead atoms. The zero-order valence-corrected chi connectivity index (χ0v) is 21.0. The number of nitrogens with zero attached hydrogens (tertiary/aromatic N) is 3. The molecule has 0 radical (unpaired) electrons. The highest BCUT2D eigenvalue weighted by Gasteiger charge is 2.28.